The molecule has 1 saturated heterocycles. The van der Waals surface area contributed by atoms with Crippen molar-refractivity contribution >= 4 is 22.2 Å². The summed E-state index contributed by atoms with van der Waals surface area (Å²) in [5, 5.41) is 24.4. The van der Waals surface area contributed by atoms with E-state index in [9.17, 15) is 10.2 Å². The van der Waals surface area contributed by atoms with Gasteiger partial charge in [-0.3, -0.25) is 9.88 Å². The maximum absolute atomic E-state index is 11.3. The Balaban J connectivity index is 1.42. The molecule has 0 saturated carbocycles. The molecule has 7 heteroatoms. The van der Waals surface area contributed by atoms with Crippen LogP contribution in [-0.2, 0) is 6.54 Å². The molecular weight excluding hydrogens is 446 g/mol. The van der Waals surface area contributed by atoms with Crippen LogP contribution in [0.15, 0.2) is 41.9 Å². The molecule has 1 atom stereocenters. The number of rotatable bonds is 8. The second-order valence-corrected chi connectivity index (χ2v) is 10.00. The number of ether oxygens (including phenoxy) is 1. The van der Waals surface area contributed by atoms with Crippen molar-refractivity contribution in [1.29, 1.82) is 0 Å². The van der Waals surface area contributed by atoms with Crippen LogP contribution in [0, 0.1) is 17.3 Å². The zero-order chi connectivity index (χ0) is 24.0. The van der Waals surface area contributed by atoms with Crippen LogP contribution in [0.5, 0.6) is 5.75 Å². The van der Waals surface area contributed by atoms with Crippen LogP contribution < -0.4 is 10.5 Å². The molecule has 0 aliphatic carbocycles. The highest BCUT2D eigenvalue weighted by Crippen LogP contribution is 2.39. The fourth-order valence-electron chi connectivity index (χ4n) is 4.76. The summed E-state index contributed by atoms with van der Waals surface area (Å²) in [6.07, 6.45) is 4.16. The number of methoxy groups -OCH3 is 1. The second kappa shape index (κ2) is 11.3. The quantitative estimate of drug-likeness (QED) is 0.427. The second-order valence-electron chi connectivity index (χ2n) is 9.05. The first-order valence-corrected chi connectivity index (χ1v) is 12.6. The number of nitrogens with two attached hydrogens (primary N) is 1. The van der Waals surface area contributed by atoms with Gasteiger partial charge in [-0.2, -0.15) is 0 Å². The predicted molar refractivity (Wildman–Crippen MR) is 137 cm³/mol. The van der Waals surface area contributed by atoms with Crippen LogP contribution in [0.3, 0.4) is 0 Å². The zero-order valence-corrected chi connectivity index (χ0v) is 20.5. The number of aliphatic hydroxyl groups excluding tert-OH is 2. The van der Waals surface area contributed by atoms with Crippen LogP contribution in [0.25, 0.3) is 10.9 Å². The lowest BCUT2D eigenvalue weighted by molar-refractivity contribution is 0.0272. The third kappa shape index (κ3) is 5.60. The molecule has 3 heterocycles. The van der Waals surface area contributed by atoms with Crippen molar-refractivity contribution in [3.8, 4) is 17.6 Å². The molecule has 1 fully saturated rings. The molecule has 2 aromatic heterocycles. The van der Waals surface area contributed by atoms with Crippen molar-refractivity contribution in [3.05, 3.63) is 57.9 Å². The Morgan fingerprint density at radius 1 is 1.29 bits per heavy atom. The van der Waals surface area contributed by atoms with E-state index < -0.39 is 6.10 Å². The standard InChI is InChI=1S/C27H33N3O3S/c1-33-21-6-7-24-23(16-21)26(20(17-28)18-29-24)25(32)8-9-27(19-31)10-13-30(14-11-27)12-2-4-22-5-3-15-34-22/h3,5-7,15-16,18,25,31-32H,8-14,17,19,28H2,1H3/t25-/m0/s1. The van der Waals surface area contributed by atoms with Crippen molar-refractivity contribution in [2.45, 2.75) is 38.3 Å². The van der Waals surface area contributed by atoms with Crippen molar-refractivity contribution in [2.24, 2.45) is 11.1 Å². The van der Waals surface area contributed by atoms with Crippen LogP contribution in [0.2, 0.25) is 0 Å². The highest BCUT2D eigenvalue weighted by Gasteiger charge is 2.34. The van der Waals surface area contributed by atoms with E-state index in [4.69, 9.17) is 10.5 Å². The van der Waals surface area contributed by atoms with Gasteiger partial charge in [0.15, 0.2) is 0 Å². The van der Waals surface area contributed by atoms with Crippen LogP contribution in [0.1, 0.15) is 47.8 Å². The molecule has 4 N–H and O–H groups in total. The molecule has 0 amide bonds. The van der Waals surface area contributed by atoms with E-state index in [1.165, 1.54) is 0 Å². The van der Waals surface area contributed by atoms with Crippen molar-refractivity contribution in [1.82, 2.24) is 9.88 Å². The number of benzene rings is 1. The minimum absolute atomic E-state index is 0.128. The molecule has 4 rings (SSSR count). The third-order valence-corrected chi connectivity index (χ3v) is 7.77. The summed E-state index contributed by atoms with van der Waals surface area (Å²) in [4.78, 5) is 7.94. The van der Waals surface area contributed by atoms with Gasteiger partial charge >= 0.3 is 0 Å². The van der Waals surface area contributed by atoms with E-state index in [0.717, 1.165) is 71.6 Å². The molecule has 0 radical (unpaired) electrons. The Hall–Kier alpha value is -2.47. The molecule has 1 aliphatic rings. The van der Waals surface area contributed by atoms with Crippen molar-refractivity contribution in [3.63, 3.8) is 0 Å². The Morgan fingerprint density at radius 2 is 2.12 bits per heavy atom. The smallest absolute Gasteiger partial charge is 0.119 e. The Labute approximate surface area is 205 Å². The minimum atomic E-state index is -0.686. The number of aliphatic hydroxyl groups is 2. The number of aromatic nitrogens is 1. The molecule has 0 unspecified atom stereocenters. The summed E-state index contributed by atoms with van der Waals surface area (Å²) in [5.41, 5.74) is 8.28. The summed E-state index contributed by atoms with van der Waals surface area (Å²) in [7, 11) is 1.63. The normalized spacial score (nSPS) is 16.7. The molecule has 1 aromatic carbocycles. The fraction of sp³-hybridized carbons (Fsp3) is 0.444. The zero-order valence-electron chi connectivity index (χ0n) is 19.7. The first kappa shape index (κ1) is 24.6. The van der Waals surface area contributed by atoms with Crippen LogP contribution in [0.4, 0.5) is 0 Å². The lowest BCUT2D eigenvalue weighted by Gasteiger charge is -2.40. The minimum Gasteiger partial charge on any atom is -0.497 e. The van der Waals surface area contributed by atoms with Gasteiger partial charge in [-0.05, 0) is 85.0 Å². The maximum atomic E-state index is 11.3. The average Bonchev–Trinajstić information content (AvgIpc) is 3.40. The lowest BCUT2D eigenvalue weighted by atomic mass is 9.74. The number of pyridine rings is 1. The van der Waals surface area contributed by atoms with Gasteiger partial charge < -0.3 is 20.7 Å². The summed E-state index contributed by atoms with van der Waals surface area (Å²) in [6, 6.07) is 9.73. The Morgan fingerprint density at radius 3 is 2.79 bits per heavy atom. The van der Waals surface area contributed by atoms with Gasteiger partial charge in [-0.25, -0.2) is 0 Å². The van der Waals surface area contributed by atoms with Crippen LogP contribution >= 0.6 is 11.3 Å². The van der Waals surface area contributed by atoms with E-state index in [2.05, 4.69) is 21.7 Å². The summed E-state index contributed by atoms with van der Waals surface area (Å²) >= 11 is 1.66. The van der Waals surface area contributed by atoms with Gasteiger partial charge in [0.2, 0.25) is 0 Å². The molecule has 3 aromatic rings. The summed E-state index contributed by atoms with van der Waals surface area (Å²) < 4.78 is 5.39. The molecule has 6 nitrogen and oxygen atoms in total. The number of hydrogen-bond acceptors (Lipinski definition) is 7. The number of thiophene rings is 1. The van der Waals surface area contributed by atoms with Gasteiger partial charge in [-0.15, -0.1) is 11.3 Å². The molecule has 34 heavy (non-hydrogen) atoms. The largest absolute Gasteiger partial charge is 0.497 e. The highest BCUT2D eigenvalue weighted by atomic mass is 32.1. The van der Waals surface area contributed by atoms with Crippen molar-refractivity contribution in [2.75, 3.05) is 33.4 Å². The van der Waals surface area contributed by atoms with Gasteiger partial charge in [0, 0.05) is 24.7 Å². The molecule has 0 spiro atoms. The van der Waals surface area contributed by atoms with Crippen LogP contribution in [-0.4, -0.2) is 53.4 Å². The summed E-state index contributed by atoms with van der Waals surface area (Å²) in [6.45, 7) is 2.98. The van der Waals surface area contributed by atoms with Gasteiger partial charge in [0.25, 0.3) is 0 Å². The number of fused-ring (bicyclic) bond motifs is 1. The van der Waals surface area contributed by atoms with E-state index >= 15 is 0 Å². The summed E-state index contributed by atoms with van der Waals surface area (Å²) in [5.74, 6) is 7.21. The van der Waals surface area contributed by atoms with E-state index in [1.54, 1.807) is 24.6 Å². The fourth-order valence-corrected chi connectivity index (χ4v) is 5.36. The Bertz CT molecular complexity index is 1140. The van der Waals surface area contributed by atoms with Gasteiger partial charge in [0.1, 0.15) is 5.75 Å². The van der Waals surface area contributed by atoms with Gasteiger partial charge in [-0.1, -0.05) is 17.9 Å². The van der Waals surface area contributed by atoms with E-state index in [-0.39, 0.29) is 12.0 Å². The Kier molecular flexibility index (Phi) is 8.19. The third-order valence-electron chi connectivity index (χ3n) is 6.99. The van der Waals surface area contributed by atoms with E-state index in [0.29, 0.717) is 13.0 Å². The number of likely N-dealkylation sites (tertiary alicyclic amines) is 1. The molecule has 180 valence electrons. The topological polar surface area (TPSA) is 91.8 Å². The average molecular weight is 480 g/mol. The van der Waals surface area contributed by atoms with E-state index in [1.807, 2.05) is 35.7 Å². The number of nitrogens with zero attached hydrogens (tertiary/aromatic N) is 2. The lowest BCUT2D eigenvalue weighted by Crippen LogP contribution is -2.42. The van der Waals surface area contributed by atoms with Crippen molar-refractivity contribution < 1.29 is 14.9 Å². The first-order valence-electron chi connectivity index (χ1n) is 11.8. The number of piperidine rings is 1. The molecule has 0 bridgehead atoms. The number of hydrogen-bond donors (Lipinski definition) is 3. The SMILES string of the molecule is COc1ccc2ncc(CN)c([C@@H](O)CCC3(CO)CCN(CC#Cc4cccs4)CC3)c2c1. The monoisotopic (exact) mass is 479 g/mol. The van der Waals surface area contributed by atoms with Gasteiger partial charge in [0.05, 0.1) is 30.2 Å². The first-order chi connectivity index (χ1) is 16.6. The molecule has 1 aliphatic heterocycles. The predicted octanol–water partition coefficient (Wildman–Crippen LogP) is 3.70. The molecular formula is C27H33N3O3S. The highest BCUT2D eigenvalue weighted by molar-refractivity contribution is 7.10. The maximum Gasteiger partial charge on any atom is 0.119 e.